The number of phenolic OH excluding ortho intramolecular Hbond substituents is 2. The van der Waals surface area contributed by atoms with E-state index in [2.05, 4.69) is 10.5 Å². The lowest BCUT2D eigenvalue weighted by Gasteiger charge is -2.07. The van der Waals surface area contributed by atoms with Crippen LogP contribution in [-0.4, -0.2) is 30.7 Å². The quantitative estimate of drug-likeness (QED) is 0.385. The molecule has 0 aliphatic rings. The van der Waals surface area contributed by atoms with Crippen LogP contribution in [0.15, 0.2) is 35.4 Å². The fourth-order valence-electron chi connectivity index (χ4n) is 2.09. The lowest BCUT2D eigenvalue weighted by Crippen LogP contribution is -2.03. The fourth-order valence-corrected chi connectivity index (χ4v) is 2.09. The summed E-state index contributed by atoms with van der Waals surface area (Å²) in [6.45, 7) is 1.35. The highest BCUT2D eigenvalue weighted by molar-refractivity contribution is 6.02. The molecule has 0 saturated heterocycles. The van der Waals surface area contributed by atoms with E-state index in [1.54, 1.807) is 0 Å². The standard InChI is InChI=1S/C14H11N5O8/c1-7(9-5-12(19(26)27)14(21)6-13(9)20)15-16-10-3-2-8(17(22)23)4-11(10)18(24)25/h2-6,16,20-21H,1H3/b15-7+. The lowest BCUT2D eigenvalue weighted by atomic mass is 10.1. The summed E-state index contributed by atoms with van der Waals surface area (Å²) in [6, 6.07) is 4.50. The number of rotatable bonds is 6. The van der Waals surface area contributed by atoms with Crippen molar-refractivity contribution in [2.24, 2.45) is 5.10 Å². The van der Waals surface area contributed by atoms with E-state index >= 15 is 0 Å². The van der Waals surface area contributed by atoms with Crippen LogP contribution in [0.2, 0.25) is 0 Å². The third-order valence-electron chi connectivity index (χ3n) is 3.41. The molecule has 0 fully saturated rings. The van der Waals surface area contributed by atoms with Crippen molar-refractivity contribution in [3.05, 3.63) is 66.2 Å². The molecule has 3 N–H and O–H groups in total. The number of nitro benzene ring substituents is 3. The van der Waals surface area contributed by atoms with Crippen molar-refractivity contribution in [2.45, 2.75) is 6.92 Å². The molecule has 0 saturated carbocycles. The molecule has 0 unspecified atom stereocenters. The number of phenols is 2. The van der Waals surface area contributed by atoms with Gasteiger partial charge in [0.25, 0.3) is 5.69 Å². The van der Waals surface area contributed by atoms with Crippen LogP contribution in [0.3, 0.4) is 0 Å². The van der Waals surface area contributed by atoms with Gasteiger partial charge in [0.15, 0.2) is 5.75 Å². The molecule has 0 radical (unpaired) electrons. The highest BCUT2D eigenvalue weighted by atomic mass is 16.6. The van der Waals surface area contributed by atoms with E-state index in [0.717, 1.165) is 30.3 Å². The van der Waals surface area contributed by atoms with Crippen LogP contribution in [0.5, 0.6) is 11.5 Å². The van der Waals surface area contributed by atoms with Crippen LogP contribution in [0.4, 0.5) is 22.7 Å². The molecule has 0 aliphatic carbocycles. The Labute approximate surface area is 149 Å². The van der Waals surface area contributed by atoms with Gasteiger partial charge in [-0.3, -0.25) is 35.8 Å². The maximum atomic E-state index is 11.1. The van der Waals surface area contributed by atoms with Gasteiger partial charge in [-0.2, -0.15) is 5.10 Å². The van der Waals surface area contributed by atoms with Crippen molar-refractivity contribution in [2.75, 3.05) is 5.43 Å². The number of hydrogen-bond donors (Lipinski definition) is 3. The van der Waals surface area contributed by atoms with Gasteiger partial charge >= 0.3 is 11.4 Å². The zero-order valence-corrected chi connectivity index (χ0v) is 13.5. The van der Waals surface area contributed by atoms with E-state index in [9.17, 15) is 40.6 Å². The highest BCUT2D eigenvalue weighted by Gasteiger charge is 2.21. The van der Waals surface area contributed by atoms with Gasteiger partial charge in [0.2, 0.25) is 0 Å². The van der Waals surface area contributed by atoms with Crippen molar-refractivity contribution in [3.63, 3.8) is 0 Å². The first-order chi connectivity index (χ1) is 12.6. The number of hydrogen-bond acceptors (Lipinski definition) is 10. The molecule has 0 aromatic heterocycles. The first-order valence-electron chi connectivity index (χ1n) is 7.05. The molecular weight excluding hydrogens is 366 g/mol. The van der Waals surface area contributed by atoms with Gasteiger partial charge in [0, 0.05) is 23.8 Å². The largest absolute Gasteiger partial charge is 0.507 e. The molecule has 2 rings (SSSR count). The van der Waals surface area contributed by atoms with Crippen molar-refractivity contribution >= 4 is 28.5 Å². The Kier molecular flexibility index (Phi) is 5.15. The van der Waals surface area contributed by atoms with Crippen molar-refractivity contribution in [1.82, 2.24) is 0 Å². The van der Waals surface area contributed by atoms with E-state index in [1.807, 2.05) is 0 Å². The zero-order chi connectivity index (χ0) is 20.3. The summed E-state index contributed by atoms with van der Waals surface area (Å²) in [7, 11) is 0. The van der Waals surface area contributed by atoms with Crippen molar-refractivity contribution < 1.29 is 25.0 Å². The normalized spacial score (nSPS) is 11.1. The van der Waals surface area contributed by atoms with Gasteiger partial charge in [-0.15, -0.1) is 0 Å². The Morgan fingerprint density at radius 3 is 2.11 bits per heavy atom. The van der Waals surface area contributed by atoms with Gasteiger partial charge in [-0.25, -0.2) is 0 Å². The molecule has 0 atom stereocenters. The van der Waals surface area contributed by atoms with Gasteiger partial charge in [0.05, 0.1) is 26.5 Å². The minimum absolute atomic E-state index is 0.00301. The van der Waals surface area contributed by atoms with Gasteiger partial charge in [0.1, 0.15) is 11.4 Å². The van der Waals surface area contributed by atoms with Crippen LogP contribution in [0.1, 0.15) is 12.5 Å². The summed E-state index contributed by atoms with van der Waals surface area (Å²) >= 11 is 0. The van der Waals surface area contributed by atoms with Gasteiger partial charge in [-0.05, 0) is 13.0 Å². The van der Waals surface area contributed by atoms with E-state index < -0.39 is 43.3 Å². The monoisotopic (exact) mass is 377 g/mol. The Balaban J connectivity index is 2.41. The maximum Gasteiger partial charge on any atom is 0.311 e. The number of hydrazone groups is 1. The SMILES string of the molecule is C/C(=N\Nc1ccc([N+](=O)[O-])cc1[N+](=O)[O-])c1cc([N+](=O)[O-])c(O)cc1O. The van der Waals surface area contributed by atoms with E-state index in [4.69, 9.17) is 0 Å². The van der Waals surface area contributed by atoms with E-state index in [0.29, 0.717) is 0 Å². The summed E-state index contributed by atoms with van der Waals surface area (Å²) in [5.74, 6) is -1.24. The second kappa shape index (κ2) is 7.30. The number of nitrogens with one attached hydrogen (secondary N) is 1. The lowest BCUT2D eigenvalue weighted by molar-refractivity contribution is -0.393. The van der Waals surface area contributed by atoms with Crippen LogP contribution in [0.25, 0.3) is 0 Å². The first-order valence-corrected chi connectivity index (χ1v) is 7.05. The third kappa shape index (κ3) is 4.04. The molecule has 140 valence electrons. The predicted octanol–water partition coefficient (Wildman–Crippen LogP) is 2.66. The van der Waals surface area contributed by atoms with Crippen LogP contribution >= 0.6 is 0 Å². The molecule has 0 aliphatic heterocycles. The van der Waals surface area contributed by atoms with Gasteiger partial charge < -0.3 is 10.2 Å². The topological polar surface area (TPSA) is 194 Å². The van der Waals surface area contributed by atoms with Crippen LogP contribution in [-0.2, 0) is 0 Å². The minimum Gasteiger partial charge on any atom is -0.507 e. The first kappa shape index (κ1) is 19.0. The third-order valence-corrected chi connectivity index (χ3v) is 3.41. The van der Waals surface area contributed by atoms with Gasteiger partial charge in [-0.1, -0.05) is 0 Å². The summed E-state index contributed by atoms with van der Waals surface area (Å²) in [5.41, 5.74) is 0.300. The molecule has 13 nitrogen and oxygen atoms in total. The molecular formula is C14H11N5O8. The van der Waals surface area contributed by atoms with Crippen molar-refractivity contribution in [1.29, 1.82) is 0 Å². The van der Waals surface area contributed by atoms with Crippen LogP contribution in [0, 0.1) is 30.3 Å². The second-order valence-corrected chi connectivity index (χ2v) is 5.14. The Morgan fingerprint density at radius 1 is 0.926 bits per heavy atom. The molecule has 0 spiro atoms. The molecule has 0 amide bonds. The average molecular weight is 377 g/mol. The number of non-ortho nitro benzene ring substituents is 1. The smallest absolute Gasteiger partial charge is 0.311 e. The Hall–Kier alpha value is -4.29. The van der Waals surface area contributed by atoms with Crippen molar-refractivity contribution in [3.8, 4) is 11.5 Å². The summed E-state index contributed by atoms with van der Waals surface area (Å²) < 4.78 is 0. The average Bonchev–Trinajstić information content (AvgIpc) is 2.58. The molecule has 27 heavy (non-hydrogen) atoms. The van der Waals surface area contributed by atoms with Crippen LogP contribution < -0.4 is 5.43 Å². The number of aromatic hydroxyl groups is 2. The van der Waals surface area contributed by atoms with E-state index in [1.165, 1.54) is 6.92 Å². The second-order valence-electron chi connectivity index (χ2n) is 5.14. The molecule has 2 aromatic carbocycles. The number of benzene rings is 2. The minimum atomic E-state index is -0.861. The summed E-state index contributed by atoms with van der Waals surface area (Å²) in [6.07, 6.45) is 0. The number of nitrogens with zero attached hydrogens (tertiary/aromatic N) is 4. The zero-order valence-electron chi connectivity index (χ0n) is 13.5. The Morgan fingerprint density at radius 2 is 1.56 bits per heavy atom. The number of nitro groups is 3. The Bertz CT molecular complexity index is 988. The predicted molar refractivity (Wildman–Crippen MR) is 92.0 cm³/mol. The molecule has 0 bridgehead atoms. The highest BCUT2D eigenvalue weighted by Crippen LogP contribution is 2.33. The summed E-state index contributed by atoms with van der Waals surface area (Å²) in [5, 5.41) is 55.8. The molecule has 13 heteroatoms. The fraction of sp³-hybridized carbons (Fsp3) is 0.0714. The molecule has 0 heterocycles. The maximum absolute atomic E-state index is 11.1. The molecule has 2 aromatic rings. The summed E-state index contributed by atoms with van der Waals surface area (Å²) in [4.78, 5) is 30.2. The van der Waals surface area contributed by atoms with E-state index in [-0.39, 0.29) is 17.0 Å². The number of anilines is 1.